The predicted molar refractivity (Wildman–Crippen MR) is 95.8 cm³/mol. The number of rotatable bonds is 6. The molecule has 0 aliphatic carbocycles. The number of benzene rings is 2. The molecular weight excluding hydrogens is 329 g/mol. The standard InChI is InChI=1S/C19H22FNO2.ClH/c20-19-4-2-1-3-15(19)11-14-22-16-5-7-17(8-6-16)23-18-9-12-21-13-10-18;/h1-8,18,21H,9-14H2;1H. The molecule has 0 amide bonds. The summed E-state index contributed by atoms with van der Waals surface area (Å²) in [5, 5.41) is 3.32. The SMILES string of the molecule is Cl.Fc1ccccc1CCOc1ccc(OC2CCNCC2)cc1. The van der Waals surface area contributed by atoms with E-state index in [0.717, 1.165) is 37.4 Å². The van der Waals surface area contributed by atoms with Gasteiger partial charge in [-0.1, -0.05) is 18.2 Å². The highest BCUT2D eigenvalue weighted by atomic mass is 35.5. The molecule has 1 saturated heterocycles. The first-order chi connectivity index (χ1) is 11.3. The molecule has 3 nitrogen and oxygen atoms in total. The smallest absolute Gasteiger partial charge is 0.126 e. The van der Waals surface area contributed by atoms with Crippen molar-refractivity contribution in [3.63, 3.8) is 0 Å². The number of hydrogen-bond acceptors (Lipinski definition) is 3. The maximum atomic E-state index is 13.5. The Morgan fingerprint density at radius 1 is 0.958 bits per heavy atom. The zero-order valence-electron chi connectivity index (χ0n) is 13.5. The van der Waals surface area contributed by atoms with Gasteiger partial charge < -0.3 is 14.8 Å². The Morgan fingerprint density at radius 3 is 2.33 bits per heavy atom. The number of halogens is 2. The Kier molecular flexibility index (Phi) is 7.35. The minimum absolute atomic E-state index is 0. The summed E-state index contributed by atoms with van der Waals surface area (Å²) in [6.07, 6.45) is 2.94. The quantitative estimate of drug-likeness (QED) is 0.853. The van der Waals surface area contributed by atoms with Crippen molar-refractivity contribution in [1.29, 1.82) is 0 Å². The van der Waals surface area contributed by atoms with Gasteiger partial charge in [0.05, 0.1) is 6.61 Å². The lowest BCUT2D eigenvalue weighted by Gasteiger charge is -2.23. The highest BCUT2D eigenvalue weighted by molar-refractivity contribution is 5.85. The lowest BCUT2D eigenvalue weighted by Crippen LogP contribution is -2.34. The lowest BCUT2D eigenvalue weighted by molar-refractivity contribution is 0.162. The zero-order chi connectivity index (χ0) is 15.9. The van der Waals surface area contributed by atoms with Crippen LogP contribution in [0.25, 0.3) is 0 Å². The second kappa shape index (κ2) is 9.50. The van der Waals surface area contributed by atoms with Crippen molar-refractivity contribution in [3.05, 3.63) is 59.9 Å². The Labute approximate surface area is 148 Å². The van der Waals surface area contributed by atoms with Crippen LogP contribution < -0.4 is 14.8 Å². The fourth-order valence-electron chi connectivity index (χ4n) is 2.70. The molecule has 0 saturated carbocycles. The first kappa shape index (κ1) is 18.6. The topological polar surface area (TPSA) is 30.5 Å². The largest absolute Gasteiger partial charge is 0.493 e. The van der Waals surface area contributed by atoms with Gasteiger partial charge in [-0.25, -0.2) is 4.39 Å². The Morgan fingerprint density at radius 2 is 1.62 bits per heavy atom. The second-order valence-electron chi connectivity index (χ2n) is 5.73. The van der Waals surface area contributed by atoms with Crippen molar-refractivity contribution in [1.82, 2.24) is 5.32 Å². The van der Waals surface area contributed by atoms with Gasteiger partial charge in [0.1, 0.15) is 23.4 Å². The first-order valence-electron chi connectivity index (χ1n) is 8.15. The maximum Gasteiger partial charge on any atom is 0.126 e. The van der Waals surface area contributed by atoms with Crippen molar-refractivity contribution < 1.29 is 13.9 Å². The minimum atomic E-state index is -0.179. The monoisotopic (exact) mass is 351 g/mol. The van der Waals surface area contributed by atoms with Crippen molar-refractivity contribution in [2.24, 2.45) is 0 Å². The Bertz CT molecular complexity index is 615. The summed E-state index contributed by atoms with van der Waals surface area (Å²) in [4.78, 5) is 0. The van der Waals surface area contributed by atoms with E-state index in [1.54, 1.807) is 12.1 Å². The van der Waals surface area contributed by atoms with Gasteiger partial charge in [0, 0.05) is 6.42 Å². The highest BCUT2D eigenvalue weighted by Gasteiger charge is 2.14. The first-order valence-corrected chi connectivity index (χ1v) is 8.15. The molecule has 1 heterocycles. The molecular formula is C19H23ClFNO2. The van der Waals surface area contributed by atoms with Crippen LogP contribution in [0.3, 0.4) is 0 Å². The summed E-state index contributed by atoms with van der Waals surface area (Å²) < 4.78 is 25.1. The van der Waals surface area contributed by atoms with Crippen LogP contribution in [0.5, 0.6) is 11.5 Å². The van der Waals surface area contributed by atoms with E-state index in [1.165, 1.54) is 6.07 Å². The summed E-state index contributed by atoms with van der Waals surface area (Å²) in [7, 11) is 0. The van der Waals surface area contributed by atoms with Gasteiger partial charge in [-0.05, 0) is 61.8 Å². The Balaban J connectivity index is 0.00000208. The summed E-state index contributed by atoms with van der Waals surface area (Å²) in [6, 6.07) is 14.5. The van der Waals surface area contributed by atoms with Crippen LogP contribution in [0.4, 0.5) is 4.39 Å². The molecule has 1 N–H and O–H groups in total. The van der Waals surface area contributed by atoms with E-state index in [1.807, 2.05) is 30.3 Å². The molecule has 2 aromatic carbocycles. The summed E-state index contributed by atoms with van der Waals surface area (Å²) in [5.41, 5.74) is 0.679. The van der Waals surface area contributed by atoms with Crippen LogP contribution in [-0.2, 0) is 6.42 Å². The molecule has 0 spiro atoms. The van der Waals surface area contributed by atoms with Gasteiger partial charge in [-0.15, -0.1) is 12.4 Å². The van der Waals surface area contributed by atoms with Crippen molar-refractivity contribution in [3.8, 4) is 11.5 Å². The van der Waals surface area contributed by atoms with Crippen molar-refractivity contribution in [2.45, 2.75) is 25.4 Å². The molecule has 1 aliphatic rings. The molecule has 24 heavy (non-hydrogen) atoms. The van der Waals surface area contributed by atoms with E-state index in [-0.39, 0.29) is 18.2 Å². The molecule has 1 fully saturated rings. The fourth-order valence-corrected chi connectivity index (χ4v) is 2.70. The van der Waals surface area contributed by atoms with E-state index in [2.05, 4.69) is 5.32 Å². The van der Waals surface area contributed by atoms with Gasteiger partial charge in [0.25, 0.3) is 0 Å². The van der Waals surface area contributed by atoms with E-state index in [4.69, 9.17) is 9.47 Å². The molecule has 0 unspecified atom stereocenters. The zero-order valence-corrected chi connectivity index (χ0v) is 14.4. The molecule has 3 rings (SSSR count). The van der Waals surface area contributed by atoms with E-state index < -0.39 is 0 Å². The van der Waals surface area contributed by atoms with Crippen LogP contribution in [0.2, 0.25) is 0 Å². The van der Waals surface area contributed by atoms with Gasteiger partial charge in [0.15, 0.2) is 0 Å². The fraction of sp³-hybridized carbons (Fsp3) is 0.368. The third-order valence-corrected chi connectivity index (χ3v) is 4.01. The van der Waals surface area contributed by atoms with Crippen molar-refractivity contribution >= 4 is 12.4 Å². The highest BCUT2D eigenvalue weighted by Crippen LogP contribution is 2.21. The average molecular weight is 352 g/mol. The van der Waals surface area contributed by atoms with E-state index in [9.17, 15) is 4.39 Å². The molecule has 0 aromatic heterocycles. The maximum absolute atomic E-state index is 13.5. The molecule has 1 aliphatic heterocycles. The van der Waals surface area contributed by atoms with Gasteiger partial charge in [0.2, 0.25) is 0 Å². The van der Waals surface area contributed by atoms with Crippen LogP contribution in [0.1, 0.15) is 18.4 Å². The van der Waals surface area contributed by atoms with Gasteiger partial charge >= 0.3 is 0 Å². The average Bonchev–Trinajstić information content (AvgIpc) is 2.59. The normalized spacial score (nSPS) is 14.7. The summed E-state index contributed by atoms with van der Waals surface area (Å²) >= 11 is 0. The molecule has 5 heteroatoms. The lowest BCUT2D eigenvalue weighted by atomic mass is 10.1. The van der Waals surface area contributed by atoms with E-state index in [0.29, 0.717) is 24.7 Å². The van der Waals surface area contributed by atoms with Gasteiger partial charge in [-0.2, -0.15) is 0 Å². The molecule has 2 aromatic rings. The van der Waals surface area contributed by atoms with Crippen LogP contribution >= 0.6 is 12.4 Å². The van der Waals surface area contributed by atoms with Crippen LogP contribution in [-0.4, -0.2) is 25.8 Å². The second-order valence-corrected chi connectivity index (χ2v) is 5.73. The number of piperidine rings is 1. The molecule has 0 radical (unpaired) electrons. The van der Waals surface area contributed by atoms with Crippen molar-refractivity contribution in [2.75, 3.05) is 19.7 Å². The summed E-state index contributed by atoms with van der Waals surface area (Å²) in [6.45, 7) is 2.49. The van der Waals surface area contributed by atoms with Gasteiger partial charge in [-0.3, -0.25) is 0 Å². The third-order valence-electron chi connectivity index (χ3n) is 4.01. The molecule has 0 atom stereocenters. The summed E-state index contributed by atoms with van der Waals surface area (Å²) in [5.74, 6) is 1.47. The number of nitrogens with one attached hydrogen (secondary N) is 1. The third kappa shape index (κ3) is 5.39. The molecule has 0 bridgehead atoms. The number of ether oxygens (including phenoxy) is 2. The van der Waals surface area contributed by atoms with Crippen LogP contribution in [0, 0.1) is 5.82 Å². The Hall–Kier alpha value is -1.78. The number of hydrogen-bond donors (Lipinski definition) is 1. The van der Waals surface area contributed by atoms with Crippen LogP contribution in [0.15, 0.2) is 48.5 Å². The van der Waals surface area contributed by atoms with E-state index >= 15 is 0 Å². The molecule has 130 valence electrons. The minimum Gasteiger partial charge on any atom is -0.493 e. The predicted octanol–water partition coefficient (Wildman–Crippen LogP) is 4.00.